The minimum Gasteiger partial charge on any atom is -0.492 e. The van der Waals surface area contributed by atoms with E-state index in [1.54, 1.807) is 47.0 Å². The number of carbonyl (C=O) groups excluding carboxylic acids is 1. The monoisotopic (exact) mass is 574 g/mol. The third-order valence-corrected chi connectivity index (χ3v) is 7.01. The molecule has 4 aromatic rings. The van der Waals surface area contributed by atoms with Gasteiger partial charge < -0.3 is 14.2 Å². The Bertz CT molecular complexity index is 1500. The van der Waals surface area contributed by atoms with Crippen LogP contribution in [-0.2, 0) is 27.2 Å². The number of carbonyl (C=O) groups is 1. The highest BCUT2D eigenvalue weighted by atomic mass is 32.1. The Balaban J connectivity index is 1.38. The molecule has 0 amide bonds. The van der Waals surface area contributed by atoms with Crippen LogP contribution in [0.3, 0.4) is 0 Å². The molecule has 210 valence electrons. The Morgan fingerprint density at radius 3 is 2.40 bits per heavy atom. The topological polar surface area (TPSA) is 96.2 Å². The molecular formula is C28H25F3N2O6S. The number of rotatable bonds is 12. The van der Waals surface area contributed by atoms with E-state index in [0.717, 1.165) is 28.7 Å². The molecule has 0 saturated carbocycles. The van der Waals surface area contributed by atoms with Crippen LogP contribution in [0.25, 0.3) is 10.2 Å². The van der Waals surface area contributed by atoms with Crippen molar-refractivity contribution in [1.82, 2.24) is 4.57 Å². The van der Waals surface area contributed by atoms with Crippen molar-refractivity contribution < 1.29 is 32.2 Å². The molecule has 0 radical (unpaired) electrons. The molecule has 0 aliphatic carbocycles. The number of halogens is 3. The Labute approximate surface area is 230 Å². The summed E-state index contributed by atoms with van der Waals surface area (Å²) in [6.07, 6.45) is -6.08. The summed E-state index contributed by atoms with van der Waals surface area (Å²) in [5.41, 5.74) is 2.72. The number of nitrogens with zero attached hydrogens (tertiary/aromatic N) is 2. The second-order valence-electron chi connectivity index (χ2n) is 8.80. The van der Waals surface area contributed by atoms with Crippen LogP contribution in [0, 0.1) is 4.91 Å². The number of esters is 1. The fourth-order valence-corrected chi connectivity index (χ4v) is 5.11. The zero-order valence-electron chi connectivity index (χ0n) is 21.3. The summed E-state index contributed by atoms with van der Waals surface area (Å²) in [5.74, 6) is -0.421. The smallest absolute Gasteiger partial charge is 0.411 e. The van der Waals surface area contributed by atoms with Crippen molar-refractivity contribution in [3.8, 4) is 5.75 Å². The van der Waals surface area contributed by atoms with Gasteiger partial charge in [-0.2, -0.15) is 13.2 Å². The Morgan fingerprint density at radius 1 is 1.02 bits per heavy atom. The van der Waals surface area contributed by atoms with Gasteiger partial charge in [0.05, 0.1) is 23.9 Å². The molecule has 0 fully saturated rings. The number of fused-ring (bicyclic) bond motifs is 1. The van der Waals surface area contributed by atoms with E-state index in [0.29, 0.717) is 22.4 Å². The van der Waals surface area contributed by atoms with Crippen molar-refractivity contribution in [2.75, 3.05) is 20.3 Å². The minimum atomic E-state index is -4.57. The van der Waals surface area contributed by atoms with E-state index >= 15 is 0 Å². The Hall–Kier alpha value is -4.03. The average molecular weight is 575 g/mol. The van der Waals surface area contributed by atoms with Crippen LogP contribution in [0.15, 0.2) is 82.8 Å². The molecule has 2 atom stereocenters. The van der Waals surface area contributed by atoms with Crippen LogP contribution < -0.4 is 9.61 Å². The van der Waals surface area contributed by atoms with Crippen LogP contribution >= 0.6 is 11.3 Å². The quantitative estimate of drug-likeness (QED) is 0.160. The molecule has 3 aromatic carbocycles. The van der Waals surface area contributed by atoms with Crippen LogP contribution in [0.1, 0.15) is 22.7 Å². The van der Waals surface area contributed by atoms with Gasteiger partial charge in [0.15, 0.2) is 6.10 Å². The molecule has 2 unspecified atom stereocenters. The molecule has 0 aliphatic heterocycles. The van der Waals surface area contributed by atoms with Crippen molar-refractivity contribution in [2.24, 2.45) is 5.18 Å². The molecule has 1 heterocycles. The lowest BCUT2D eigenvalue weighted by Crippen LogP contribution is -2.32. The highest BCUT2D eigenvalue weighted by molar-refractivity contribution is 7.16. The standard InChI is InChI=1S/C28H25F3N2O6S/c1-37-26(34)23(39-17-28(29,30)31)15-18-7-10-21(11-8-18)38-14-13-33-22-12-9-20(16-24(22)40-27(33)35)25(32-36)19-5-3-2-4-6-19/h2-12,16,23,25H,13-15,17H2,1H3. The molecule has 0 N–H and O–H groups in total. The van der Waals surface area contributed by atoms with Crippen LogP contribution in [0.5, 0.6) is 5.75 Å². The molecule has 8 nitrogen and oxygen atoms in total. The first-order valence-electron chi connectivity index (χ1n) is 12.2. The summed E-state index contributed by atoms with van der Waals surface area (Å²) in [7, 11) is 1.08. The summed E-state index contributed by atoms with van der Waals surface area (Å²) in [6.45, 7) is -1.12. The van der Waals surface area contributed by atoms with Gasteiger partial charge in [-0.05, 0) is 41.0 Å². The van der Waals surface area contributed by atoms with Crippen LogP contribution in [0.2, 0.25) is 0 Å². The number of aromatic nitrogens is 1. The van der Waals surface area contributed by atoms with Crippen molar-refractivity contribution in [3.63, 3.8) is 0 Å². The van der Waals surface area contributed by atoms with E-state index in [1.165, 1.54) is 0 Å². The van der Waals surface area contributed by atoms with Gasteiger partial charge in [0.1, 0.15) is 25.0 Å². The van der Waals surface area contributed by atoms with Gasteiger partial charge in [0.2, 0.25) is 0 Å². The second kappa shape index (κ2) is 12.9. The first-order valence-corrected chi connectivity index (χ1v) is 13.0. The third kappa shape index (κ3) is 7.33. The molecule has 0 aliphatic rings. The summed E-state index contributed by atoms with van der Waals surface area (Å²) in [6, 6.07) is 20.3. The van der Waals surface area contributed by atoms with Crippen molar-refractivity contribution >= 4 is 27.5 Å². The lowest BCUT2D eigenvalue weighted by Gasteiger charge is -2.17. The van der Waals surface area contributed by atoms with Crippen molar-refractivity contribution in [2.45, 2.75) is 31.3 Å². The second-order valence-corrected chi connectivity index (χ2v) is 9.79. The molecule has 1 aromatic heterocycles. The molecule has 40 heavy (non-hydrogen) atoms. The fraction of sp³-hybridized carbons (Fsp3) is 0.286. The number of methoxy groups -OCH3 is 1. The Morgan fingerprint density at radius 2 is 1.75 bits per heavy atom. The number of hydrogen-bond donors (Lipinski definition) is 0. The fourth-order valence-electron chi connectivity index (χ4n) is 4.14. The number of nitroso groups, excluding NO2 is 1. The summed E-state index contributed by atoms with van der Waals surface area (Å²) in [4.78, 5) is 35.9. The van der Waals surface area contributed by atoms with Gasteiger partial charge in [-0.25, -0.2) is 4.79 Å². The molecule has 0 spiro atoms. The van der Waals surface area contributed by atoms with E-state index < -0.39 is 30.9 Å². The summed E-state index contributed by atoms with van der Waals surface area (Å²) >= 11 is 1.07. The van der Waals surface area contributed by atoms with Gasteiger partial charge in [-0.15, -0.1) is 4.91 Å². The predicted molar refractivity (Wildman–Crippen MR) is 144 cm³/mol. The molecular weight excluding hydrogens is 549 g/mol. The maximum absolute atomic E-state index is 12.7. The average Bonchev–Trinajstić information content (AvgIpc) is 3.26. The van der Waals surface area contributed by atoms with E-state index in [-0.39, 0.29) is 24.4 Å². The molecule has 12 heteroatoms. The summed E-state index contributed by atoms with van der Waals surface area (Å²) < 4.78 is 54.8. The lowest BCUT2D eigenvalue weighted by atomic mass is 9.99. The third-order valence-electron chi connectivity index (χ3n) is 6.07. The van der Waals surface area contributed by atoms with E-state index in [1.807, 2.05) is 30.3 Å². The van der Waals surface area contributed by atoms with E-state index in [9.17, 15) is 27.7 Å². The SMILES string of the molecule is COC(=O)C(Cc1ccc(OCCn2c(=O)sc3cc(C(N=O)c4ccccc4)ccc32)cc1)OCC(F)(F)F. The maximum Gasteiger partial charge on any atom is 0.411 e. The van der Waals surface area contributed by atoms with Gasteiger partial charge in [0.25, 0.3) is 0 Å². The zero-order chi connectivity index (χ0) is 28.7. The van der Waals surface area contributed by atoms with Gasteiger partial charge in [-0.3, -0.25) is 9.36 Å². The van der Waals surface area contributed by atoms with Gasteiger partial charge in [-0.1, -0.05) is 65.0 Å². The predicted octanol–water partition coefficient (Wildman–Crippen LogP) is 5.66. The van der Waals surface area contributed by atoms with Crippen molar-refractivity contribution in [3.05, 3.63) is 104 Å². The van der Waals surface area contributed by atoms with Crippen molar-refractivity contribution in [1.29, 1.82) is 0 Å². The normalized spacial score (nSPS) is 13.1. The molecule has 0 saturated heterocycles. The van der Waals surface area contributed by atoms with E-state index in [2.05, 4.69) is 9.91 Å². The highest BCUT2D eigenvalue weighted by Crippen LogP contribution is 2.29. The zero-order valence-corrected chi connectivity index (χ0v) is 22.1. The minimum absolute atomic E-state index is 0.105. The number of ether oxygens (including phenoxy) is 3. The van der Waals surface area contributed by atoms with Crippen LogP contribution in [-0.4, -0.2) is 43.1 Å². The number of alkyl halides is 3. The molecule has 4 rings (SSSR count). The molecule has 0 bridgehead atoms. The van der Waals surface area contributed by atoms with E-state index in [4.69, 9.17) is 9.47 Å². The lowest BCUT2D eigenvalue weighted by molar-refractivity contribution is -0.193. The van der Waals surface area contributed by atoms with Gasteiger partial charge in [0, 0.05) is 6.42 Å². The van der Waals surface area contributed by atoms with Gasteiger partial charge >= 0.3 is 17.0 Å². The Kier molecular flexibility index (Phi) is 9.33. The first kappa shape index (κ1) is 29.0. The van der Waals surface area contributed by atoms with Crippen LogP contribution in [0.4, 0.5) is 13.2 Å². The number of benzene rings is 3. The summed E-state index contributed by atoms with van der Waals surface area (Å²) in [5, 5.41) is 3.28. The largest absolute Gasteiger partial charge is 0.492 e. The first-order chi connectivity index (χ1) is 19.2. The number of thiazole rings is 1. The highest BCUT2D eigenvalue weighted by Gasteiger charge is 2.32. The number of hydrogen-bond acceptors (Lipinski definition) is 8. The maximum atomic E-state index is 12.7.